The van der Waals surface area contributed by atoms with Crippen LogP contribution in [-0.2, 0) is 9.73 Å². The summed E-state index contributed by atoms with van der Waals surface area (Å²) in [5.74, 6) is 1.08. The summed E-state index contributed by atoms with van der Waals surface area (Å²) in [7, 11) is -2.14. The molecule has 0 bridgehead atoms. The molecule has 0 aliphatic carbocycles. The third-order valence-corrected chi connectivity index (χ3v) is 5.73. The van der Waals surface area contributed by atoms with Crippen LogP contribution in [0.4, 0.5) is 5.95 Å². The van der Waals surface area contributed by atoms with Crippen molar-refractivity contribution in [2.75, 3.05) is 30.5 Å². The number of halogens is 1. The molecule has 0 radical (unpaired) electrons. The van der Waals surface area contributed by atoms with Gasteiger partial charge in [0.2, 0.25) is 5.95 Å². The lowest BCUT2D eigenvalue weighted by Gasteiger charge is -2.34. The average molecular weight is 419 g/mol. The number of hydrogen-bond donors (Lipinski definition) is 0. The first kappa shape index (κ1) is 19.1. The molecule has 1 saturated heterocycles. The molecule has 3 aromatic rings. The van der Waals surface area contributed by atoms with Crippen LogP contribution >= 0.6 is 11.6 Å². The number of nitrogens with zero attached hydrogens (tertiary/aromatic N) is 6. The van der Waals surface area contributed by atoms with Crippen molar-refractivity contribution >= 4 is 32.9 Å². The fraction of sp³-hybridized carbons (Fsp3) is 0.421. The number of imidazole rings is 1. The van der Waals surface area contributed by atoms with Crippen LogP contribution in [0, 0.1) is 5.92 Å². The smallest absolute Gasteiger partial charge is 0.225 e. The van der Waals surface area contributed by atoms with Crippen molar-refractivity contribution in [3.8, 4) is 11.4 Å². The molecule has 2 atom stereocenters. The van der Waals surface area contributed by atoms with Gasteiger partial charge in [0.05, 0.1) is 28.6 Å². The van der Waals surface area contributed by atoms with Gasteiger partial charge >= 0.3 is 0 Å². The number of fused-ring (bicyclic) bond motifs is 1. The van der Waals surface area contributed by atoms with Crippen LogP contribution in [0.1, 0.15) is 13.3 Å². The molecule has 0 saturated carbocycles. The Bertz CT molecular complexity index is 1130. The lowest BCUT2D eigenvalue weighted by molar-refractivity contribution is 0.400. The number of hydrogen-bond acceptors (Lipinski definition) is 6. The molecular formula is C19H23ClN6OS. The van der Waals surface area contributed by atoms with E-state index in [4.69, 9.17) is 16.6 Å². The predicted octanol–water partition coefficient (Wildman–Crippen LogP) is 3.39. The van der Waals surface area contributed by atoms with E-state index in [1.807, 2.05) is 28.8 Å². The molecule has 28 heavy (non-hydrogen) atoms. The summed E-state index contributed by atoms with van der Waals surface area (Å²) >= 11 is 6.15. The summed E-state index contributed by atoms with van der Waals surface area (Å²) < 4.78 is 18.6. The van der Waals surface area contributed by atoms with Gasteiger partial charge in [0.15, 0.2) is 0 Å². The van der Waals surface area contributed by atoms with Gasteiger partial charge in [-0.2, -0.15) is 0 Å². The zero-order valence-corrected chi connectivity index (χ0v) is 17.7. The van der Waals surface area contributed by atoms with Crippen molar-refractivity contribution in [3.05, 3.63) is 41.8 Å². The summed E-state index contributed by atoms with van der Waals surface area (Å²) in [6, 6.07) is 5.58. The van der Waals surface area contributed by atoms with Gasteiger partial charge in [-0.1, -0.05) is 18.5 Å². The van der Waals surface area contributed by atoms with E-state index in [-0.39, 0.29) is 6.04 Å². The highest BCUT2D eigenvalue weighted by Gasteiger charge is 2.27. The Hall–Kier alpha value is -2.19. The number of aromatic nitrogens is 4. The molecule has 1 aliphatic rings. The molecule has 3 aromatic heterocycles. The van der Waals surface area contributed by atoms with Crippen LogP contribution in [0.2, 0.25) is 5.02 Å². The van der Waals surface area contributed by atoms with Crippen LogP contribution in [-0.4, -0.2) is 55.2 Å². The summed E-state index contributed by atoms with van der Waals surface area (Å²) in [5, 5.41) is 0.637. The standard InChI is InChI=1S/C19H23ClN6OS/c1-13-8-15(24-28(2,3)27)12-25(10-13)19-21-7-6-16(23-19)17-9-22-18-5-4-14(20)11-26(17)18/h4-7,9,11,13,15H,8,10,12H2,1-3H3/t13-,15+/m0/s1. The Labute approximate surface area is 170 Å². The molecule has 0 aromatic carbocycles. The lowest BCUT2D eigenvalue weighted by Crippen LogP contribution is -2.42. The quantitative estimate of drug-likeness (QED) is 0.651. The maximum atomic E-state index is 12.1. The average Bonchev–Trinajstić information content (AvgIpc) is 3.03. The number of piperidine rings is 1. The molecule has 4 heterocycles. The van der Waals surface area contributed by atoms with Crippen LogP contribution in [0.5, 0.6) is 0 Å². The minimum absolute atomic E-state index is 0.0214. The van der Waals surface area contributed by atoms with E-state index in [0.29, 0.717) is 23.4 Å². The largest absolute Gasteiger partial charge is 0.338 e. The van der Waals surface area contributed by atoms with E-state index in [0.717, 1.165) is 30.0 Å². The minimum Gasteiger partial charge on any atom is -0.338 e. The second-order valence-corrected chi connectivity index (χ2v) is 10.7. The first-order valence-electron chi connectivity index (χ1n) is 9.16. The van der Waals surface area contributed by atoms with Gasteiger partial charge in [-0.05, 0) is 30.5 Å². The van der Waals surface area contributed by atoms with Crippen LogP contribution in [0.3, 0.4) is 0 Å². The minimum atomic E-state index is -2.14. The molecule has 1 aliphatic heterocycles. The van der Waals surface area contributed by atoms with E-state index >= 15 is 0 Å². The predicted molar refractivity (Wildman–Crippen MR) is 113 cm³/mol. The third-order valence-electron chi connectivity index (χ3n) is 4.70. The van der Waals surface area contributed by atoms with Gasteiger partial charge in [-0.25, -0.2) is 19.3 Å². The van der Waals surface area contributed by atoms with Crippen LogP contribution in [0.25, 0.3) is 17.0 Å². The molecule has 0 spiro atoms. The Morgan fingerprint density at radius 2 is 2.04 bits per heavy atom. The molecule has 4 rings (SSSR count). The van der Waals surface area contributed by atoms with E-state index in [2.05, 4.69) is 26.2 Å². The van der Waals surface area contributed by atoms with Gasteiger partial charge in [-0.15, -0.1) is 0 Å². The van der Waals surface area contributed by atoms with Gasteiger partial charge in [0.1, 0.15) is 5.65 Å². The van der Waals surface area contributed by atoms with E-state index in [1.54, 1.807) is 24.9 Å². The second-order valence-electron chi connectivity index (χ2n) is 7.65. The van der Waals surface area contributed by atoms with Crippen LogP contribution in [0.15, 0.2) is 41.2 Å². The Morgan fingerprint density at radius 3 is 2.82 bits per heavy atom. The van der Waals surface area contributed by atoms with E-state index < -0.39 is 9.73 Å². The molecule has 148 valence electrons. The van der Waals surface area contributed by atoms with Gasteiger partial charge in [-0.3, -0.25) is 8.61 Å². The Kier molecular flexibility index (Phi) is 5.01. The highest BCUT2D eigenvalue weighted by Crippen LogP contribution is 2.26. The second kappa shape index (κ2) is 7.33. The molecule has 7 nitrogen and oxygen atoms in total. The molecular weight excluding hydrogens is 396 g/mol. The summed E-state index contributed by atoms with van der Waals surface area (Å²) in [6.45, 7) is 3.70. The highest BCUT2D eigenvalue weighted by molar-refractivity contribution is 7.92. The number of rotatable bonds is 3. The van der Waals surface area contributed by atoms with E-state index in [1.165, 1.54) is 0 Å². The van der Waals surface area contributed by atoms with Gasteiger partial charge in [0, 0.05) is 47.7 Å². The number of pyridine rings is 1. The topological polar surface area (TPSA) is 75.8 Å². The summed E-state index contributed by atoms with van der Waals surface area (Å²) in [4.78, 5) is 15.8. The molecule has 1 fully saturated rings. The van der Waals surface area contributed by atoms with Crippen molar-refractivity contribution in [2.45, 2.75) is 19.4 Å². The fourth-order valence-electron chi connectivity index (χ4n) is 3.70. The molecule has 0 N–H and O–H groups in total. The van der Waals surface area contributed by atoms with Crippen molar-refractivity contribution in [1.82, 2.24) is 19.4 Å². The first-order valence-corrected chi connectivity index (χ1v) is 11.9. The molecule has 9 heteroatoms. The summed E-state index contributed by atoms with van der Waals surface area (Å²) in [5.41, 5.74) is 2.45. The third kappa shape index (κ3) is 4.12. The monoisotopic (exact) mass is 418 g/mol. The zero-order chi connectivity index (χ0) is 19.9. The SMILES string of the molecule is C[C@H]1C[C@@H](N=S(C)(C)=O)CN(c2nccc(-c3cnc4ccc(Cl)cn34)n2)C1. The van der Waals surface area contributed by atoms with Crippen molar-refractivity contribution in [3.63, 3.8) is 0 Å². The number of anilines is 1. The molecule has 0 amide bonds. The van der Waals surface area contributed by atoms with Gasteiger partial charge in [0.25, 0.3) is 0 Å². The zero-order valence-electron chi connectivity index (χ0n) is 16.1. The summed E-state index contributed by atoms with van der Waals surface area (Å²) in [6.07, 6.45) is 9.68. The normalized spacial score (nSPS) is 20.5. The Morgan fingerprint density at radius 1 is 1.21 bits per heavy atom. The maximum absolute atomic E-state index is 12.1. The van der Waals surface area contributed by atoms with Crippen LogP contribution < -0.4 is 4.90 Å². The van der Waals surface area contributed by atoms with Crippen molar-refractivity contribution in [1.29, 1.82) is 0 Å². The molecule has 0 unspecified atom stereocenters. The lowest BCUT2D eigenvalue weighted by atomic mass is 9.97. The van der Waals surface area contributed by atoms with E-state index in [9.17, 15) is 4.21 Å². The maximum Gasteiger partial charge on any atom is 0.225 e. The van der Waals surface area contributed by atoms with Crippen molar-refractivity contribution in [2.24, 2.45) is 10.3 Å². The highest BCUT2D eigenvalue weighted by atomic mass is 35.5. The van der Waals surface area contributed by atoms with Gasteiger partial charge < -0.3 is 4.90 Å². The Balaban J connectivity index is 1.68. The van der Waals surface area contributed by atoms with Crippen molar-refractivity contribution < 1.29 is 4.21 Å². The fourth-order valence-corrected chi connectivity index (χ4v) is 4.74. The first-order chi connectivity index (χ1) is 13.3.